The summed E-state index contributed by atoms with van der Waals surface area (Å²) < 4.78 is 15.8. The molecule has 0 saturated carbocycles. The number of hydrogen-bond acceptors (Lipinski definition) is 7. The smallest absolute Gasteiger partial charge is 0.252 e. The molecule has 1 saturated heterocycles. The van der Waals surface area contributed by atoms with Gasteiger partial charge in [0.05, 0.1) is 19.3 Å². The molecule has 0 aromatic carbocycles. The van der Waals surface area contributed by atoms with Crippen LogP contribution in [0.25, 0.3) is 0 Å². The molecule has 1 atom stereocenters. The van der Waals surface area contributed by atoms with Gasteiger partial charge in [0.25, 0.3) is 5.89 Å². The van der Waals surface area contributed by atoms with E-state index in [0.717, 1.165) is 39.3 Å². The molecule has 2 heterocycles. The molecule has 7 nitrogen and oxygen atoms in total. The molecule has 2 rings (SSSR count). The number of hydrogen-bond donors (Lipinski definition) is 1. The molecule has 19 heavy (non-hydrogen) atoms. The molecular formula is C12H22N4O3. The van der Waals surface area contributed by atoms with E-state index in [2.05, 4.69) is 22.0 Å². The minimum absolute atomic E-state index is 0.234. The van der Waals surface area contributed by atoms with E-state index in [-0.39, 0.29) is 6.04 Å². The Balaban J connectivity index is 1.79. The van der Waals surface area contributed by atoms with Crippen LogP contribution in [-0.2, 0) is 16.1 Å². The van der Waals surface area contributed by atoms with Crippen LogP contribution in [0.1, 0.15) is 31.1 Å². The van der Waals surface area contributed by atoms with Crippen molar-refractivity contribution in [2.24, 2.45) is 5.73 Å². The van der Waals surface area contributed by atoms with Gasteiger partial charge in [-0.3, -0.25) is 4.90 Å². The van der Waals surface area contributed by atoms with E-state index >= 15 is 0 Å². The average molecular weight is 270 g/mol. The minimum atomic E-state index is -0.234. The lowest BCUT2D eigenvalue weighted by Gasteiger charge is -2.27. The summed E-state index contributed by atoms with van der Waals surface area (Å²) in [6, 6.07) is -0.234. The van der Waals surface area contributed by atoms with Crippen molar-refractivity contribution >= 4 is 0 Å². The molecule has 108 valence electrons. The molecule has 0 bridgehead atoms. The summed E-state index contributed by atoms with van der Waals surface area (Å²) in [5, 5.41) is 3.91. The summed E-state index contributed by atoms with van der Waals surface area (Å²) in [5.74, 6) is 1.03. The summed E-state index contributed by atoms with van der Waals surface area (Å²) in [4.78, 5) is 6.51. The van der Waals surface area contributed by atoms with Gasteiger partial charge in [0.15, 0.2) is 5.82 Å². The molecule has 1 aliphatic heterocycles. The summed E-state index contributed by atoms with van der Waals surface area (Å²) in [5.41, 5.74) is 6.09. The number of morpholine rings is 1. The van der Waals surface area contributed by atoms with Gasteiger partial charge in [0.1, 0.15) is 6.61 Å². The van der Waals surface area contributed by atoms with E-state index in [4.69, 9.17) is 19.7 Å². The van der Waals surface area contributed by atoms with Crippen molar-refractivity contribution in [3.63, 3.8) is 0 Å². The van der Waals surface area contributed by atoms with Crippen molar-refractivity contribution in [1.82, 2.24) is 15.0 Å². The number of nitrogens with two attached hydrogens (primary N) is 1. The van der Waals surface area contributed by atoms with E-state index in [1.54, 1.807) is 0 Å². The topological polar surface area (TPSA) is 86.6 Å². The standard InChI is InChI=1S/C12H22N4O3/c1-2-5-18-9-11-14-12(15-19-11)10(13)8-16-3-6-17-7-4-16/h10H,2-9,13H2,1H3. The summed E-state index contributed by atoms with van der Waals surface area (Å²) in [7, 11) is 0. The predicted molar refractivity (Wildman–Crippen MR) is 68.4 cm³/mol. The van der Waals surface area contributed by atoms with E-state index < -0.39 is 0 Å². The zero-order valence-electron chi connectivity index (χ0n) is 11.4. The fourth-order valence-corrected chi connectivity index (χ4v) is 1.92. The van der Waals surface area contributed by atoms with Crippen molar-refractivity contribution in [3.05, 3.63) is 11.7 Å². The van der Waals surface area contributed by atoms with Crippen molar-refractivity contribution in [3.8, 4) is 0 Å². The van der Waals surface area contributed by atoms with Crippen LogP contribution in [-0.4, -0.2) is 54.5 Å². The van der Waals surface area contributed by atoms with Crippen LogP contribution in [0, 0.1) is 0 Å². The van der Waals surface area contributed by atoms with Crippen molar-refractivity contribution in [2.75, 3.05) is 39.5 Å². The molecule has 0 amide bonds. The van der Waals surface area contributed by atoms with Crippen LogP contribution in [0.5, 0.6) is 0 Å². The molecule has 7 heteroatoms. The molecular weight excluding hydrogens is 248 g/mol. The first-order chi connectivity index (χ1) is 9.29. The SMILES string of the molecule is CCCOCc1nc(C(N)CN2CCOCC2)no1. The largest absolute Gasteiger partial charge is 0.379 e. The van der Waals surface area contributed by atoms with E-state index in [1.165, 1.54) is 0 Å². The second kappa shape index (κ2) is 7.54. The fraction of sp³-hybridized carbons (Fsp3) is 0.833. The van der Waals surface area contributed by atoms with Crippen LogP contribution < -0.4 is 5.73 Å². The highest BCUT2D eigenvalue weighted by Gasteiger charge is 2.19. The molecule has 2 N–H and O–H groups in total. The number of ether oxygens (including phenoxy) is 2. The zero-order valence-corrected chi connectivity index (χ0v) is 11.4. The Labute approximate surface area is 113 Å². The number of nitrogens with zero attached hydrogens (tertiary/aromatic N) is 3. The minimum Gasteiger partial charge on any atom is -0.379 e. The van der Waals surface area contributed by atoms with Gasteiger partial charge >= 0.3 is 0 Å². The third-order valence-corrected chi connectivity index (χ3v) is 2.95. The van der Waals surface area contributed by atoms with Crippen molar-refractivity contribution in [1.29, 1.82) is 0 Å². The first-order valence-corrected chi connectivity index (χ1v) is 6.75. The van der Waals surface area contributed by atoms with Gasteiger partial charge in [0, 0.05) is 26.2 Å². The lowest BCUT2D eigenvalue weighted by molar-refractivity contribution is 0.0348. The van der Waals surface area contributed by atoms with E-state index in [1.807, 2.05) is 0 Å². The Morgan fingerprint density at radius 3 is 2.95 bits per heavy atom. The van der Waals surface area contributed by atoms with Gasteiger partial charge in [-0.25, -0.2) is 0 Å². The van der Waals surface area contributed by atoms with Crippen LogP contribution in [0.2, 0.25) is 0 Å². The summed E-state index contributed by atoms with van der Waals surface area (Å²) in [6.07, 6.45) is 0.970. The molecule has 0 aliphatic carbocycles. The molecule has 1 aromatic rings. The number of rotatable bonds is 7. The van der Waals surface area contributed by atoms with E-state index in [0.29, 0.717) is 24.9 Å². The predicted octanol–water partition coefficient (Wildman–Crippen LogP) is 0.328. The molecule has 1 fully saturated rings. The third kappa shape index (κ3) is 4.54. The molecule has 1 aliphatic rings. The van der Waals surface area contributed by atoms with Crippen molar-refractivity contribution < 1.29 is 14.0 Å². The Morgan fingerprint density at radius 1 is 1.42 bits per heavy atom. The monoisotopic (exact) mass is 270 g/mol. The van der Waals surface area contributed by atoms with Crippen LogP contribution in [0.4, 0.5) is 0 Å². The van der Waals surface area contributed by atoms with Gasteiger partial charge in [-0.15, -0.1) is 0 Å². The van der Waals surface area contributed by atoms with Gasteiger partial charge in [-0.2, -0.15) is 4.98 Å². The van der Waals surface area contributed by atoms with Crippen LogP contribution >= 0.6 is 0 Å². The Bertz CT molecular complexity index is 366. The fourth-order valence-electron chi connectivity index (χ4n) is 1.92. The number of aromatic nitrogens is 2. The van der Waals surface area contributed by atoms with Gasteiger partial charge in [-0.1, -0.05) is 12.1 Å². The normalized spacial score (nSPS) is 18.6. The molecule has 1 aromatic heterocycles. The molecule has 0 radical (unpaired) electrons. The van der Waals surface area contributed by atoms with Crippen LogP contribution in [0.15, 0.2) is 4.52 Å². The Hall–Kier alpha value is -1.02. The molecule has 0 spiro atoms. The zero-order chi connectivity index (χ0) is 13.5. The highest BCUT2D eigenvalue weighted by Crippen LogP contribution is 2.10. The maximum Gasteiger partial charge on any atom is 0.252 e. The first kappa shape index (κ1) is 14.4. The highest BCUT2D eigenvalue weighted by atomic mass is 16.5. The lowest BCUT2D eigenvalue weighted by atomic mass is 10.2. The molecule has 1 unspecified atom stereocenters. The maximum absolute atomic E-state index is 6.09. The van der Waals surface area contributed by atoms with E-state index in [9.17, 15) is 0 Å². The Kier molecular flexibility index (Phi) is 5.71. The highest BCUT2D eigenvalue weighted by molar-refractivity contribution is 4.93. The third-order valence-electron chi connectivity index (χ3n) is 2.95. The van der Waals surface area contributed by atoms with Crippen LogP contribution in [0.3, 0.4) is 0 Å². The first-order valence-electron chi connectivity index (χ1n) is 6.75. The summed E-state index contributed by atoms with van der Waals surface area (Å²) >= 11 is 0. The maximum atomic E-state index is 6.09. The lowest BCUT2D eigenvalue weighted by Crippen LogP contribution is -2.40. The second-order valence-corrected chi connectivity index (χ2v) is 4.62. The van der Waals surface area contributed by atoms with Crippen molar-refractivity contribution in [2.45, 2.75) is 26.0 Å². The van der Waals surface area contributed by atoms with Gasteiger partial charge in [0.2, 0.25) is 0 Å². The van der Waals surface area contributed by atoms with Gasteiger partial charge in [-0.05, 0) is 6.42 Å². The summed E-state index contributed by atoms with van der Waals surface area (Å²) in [6.45, 7) is 7.14. The average Bonchev–Trinajstić information content (AvgIpc) is 2.89. The second-order valence-electron chi connectivity index (χ2n) is 4.62. The Morgan fingerprint density at radius 2 is 2.21 bits per heavy atom. The quantitative estimate of drug-likeness (QED) is 0.714. The van der Waals surface area contributed by atoms with Gasteiger partial charge < -0.3 is 19.7 Å².